The summed E-state index contributed by atoms with van der Waals surface area (Å²) in [6, 6.07) is 0. The van der Waals surface area contributed by atoms with Crippen LogP contribution in [0.4, 0.5) is 0 Å². The summed E-state index contributed by atoms with van der Waals surface area (Å²) in [5.74, 6) is 0. The fraction of sp³-hybridized carbons (Fsp3) is 1.00. The van der Waals surface area contributed by atoms with Gasteiger partial charge in [-0.1, -0.05) is 26.2 Å². The molecule has 0 bridgehead atoms. The van der Waals surface area contributed by atoms with Gasteiger partial charge >= 0.3 is 0 Å². The van der Waals surface area contributed by atoms with E-state index in [1.165, 1.54) is 64.7 Å². The van der Waals surface area contributed by atoms with E-state index in [2.05, 4.69) is 31.0 Å². The number of nitrogens with zero attached hydrogens (tertiary/aromatic N) is 1. The Morgan fingerprint density at radius 2 is 1.71 bits per heavy atom. The maximum absolute atomic E-state index is 3.66. The predicted molar refractivity (Wildman–Crippen MR) is 74.3 cm³/mol. The first-order chi connectivity index (χ1) is 7.99. The Labute approximate surface area is 107 Å². The molecule has 0 atom stereocenters. The molecule has 0 aromatic rings. The molecule has 1 aliphatic carbocycles. The molecule has 17 heavy (non-hydrogen) atoms. The molecular formula is C15H30N2. The average molecular weight is 238 g/mol. The van der Waals surface area contributed by atoms with Crippen molar-refractivity contribution in [3.63, 3.8) is 0 Å². The molecule has 100 valence electrons. The van der Waals surface area contributed by atoms with Gasteiger partial charge in [0.1, 0.15) is 0 Å². The van der Waals surface area contributed by atoms with E-state index in [1.54, 1.807) is 0 Å². The van der Waals surface area contributed by atoms with Crippen molar-refractivity contribution in [1.82, 2.24) is 10.2 Å². The van der Waals surface area contributed by atoms with Crippen LogP contribution in [0.2, 0.25) is 0 Å². The molecule has 2 fully saturated rings. The molecule has 2 nitrogen and oxygen atoms in total. The summed E-state index contributed by atoms with van der Waals surface area (Å²) in [5.41, 5.74) is 0.889. The molecule has 0 aromatic carbocycles. The Balaban J connectivity index is 1.92. The molecule has 0 amide bonds. The first-order valence-electron chi connectivity index (χ1n) is 7.47. The van der Waals surface area contributed by atoms with E-state index < -0.39 is 0 Å². The van der Waals surface area contributed by atoms with Crippen molar-refractivity contribution < 1.29 is 0 Å². The van der Waals surface area contributed by atoms with Crippen molar-refractivity contribution in [2.75, 3.05) is 26.2 Å². The summed E-state index contributed by atoms with van der Waals surface area (Å²) in [5, 5.41) is 3.66. The number of nitrogens with one attached hydrogen (secondary N) is 1. The van der Waals surface area contributed by atoms with Crippen LogP contribution in [0.1, 0.15) is 59.3 Å². The van der Waals surface area contributed by atoms with Crippen LogP contribution in [0.3, 0.4) is 0 Å². The van der Waals surface area contributed by atoms with Crippen LogP contribution in [0.15, 0.2) is 0 Å². The van der Waals surface area contributed by atoms with Crippen molar-refractivity contribution >= 4 is 0 Å². The molecular weight excluding hydrogens is 208 g/mol. The van der Waals surface area contributed by atoms with Crippen LogP contribution < -0.4 is 5.32 Å². The Bertz CT molecular complexity index is 241. The monoisotopic (exact) mass is 238 g/mol. The molecule has 1 N–H and O–H groups in total. The van der Waals surface area contributed by atoms with E-state index in [-0.39, 0.29) is 0 Å². The fourth-order valence-corrected chi connectivity index (χ4v) is 3.66. The fourth-order valence-electron chi connectivity index (χ4n) is 3.66. The molecule has 1 saturated carbocycles. The van der Waals surface area contributed by atoms with Crippen LogP contribution in [0.25, 0.3) is 0 Å². The third kappa shape index (κ3) is 3.96. The third-order valence-corrected chi connectivity index (χ3v) is 4.54. The van der Waals surface area contributed by atoms with Gasteiger partial charge in [-0.05, 0) is 51.6 Å². The summed E-state index contributed by atoms with van der Waals surface area (Å²) < 4.78 is 0. The van der Waals surface area contributed by atoms with Gasteiger partial charge in [0.2, 0.25) is 0 Å². The molecule has 1 aliphatic heterocycles. The van der Waals surface area contributed by atoms with Gasteiger partial charge in [-0.2, -0.15) is 0 Å². The maximum Gasteiger partial charge on any atom is 0.0252 e. The second kappa shape index (κ2) is 5.27. The molecule has 0 aromatic heterocycles. The minimum absolute atomic E-state index is 0.293. The second-order valence-corrected chi connectivity index (χ2v) is 7.25. The van der Waals surface area contributed by atoms with Gasteiger partial charge in [-0.25, -0.2) is 0 Å². The number of hydrogen-bond acceptors (Lipinski definition) is 2. The lowest BCUT2D eigenvalue weighted by Gasteiger charge is -2.40. The lowest BCUT2D eigenvalue weighted by molar-refractivity contribution is 0.110. The Morgan fingerprint density at radius 3 is 2.41 bits per heavy atom. The summed E-state index contributed by atoms with van der Waals surface area (Å²) >= 11 is 0. The highest BCUT2D eigenvalue weighted by Gasteiger charge is 2.32. The van der Waals surface area contributed by atoms with Gasteiger partial charge in [0.25, 0.3) is 0 Å². The third-order valence-electron chi connectivity index (χ3n) is 4.54. The molecule has 0 spiro atoms. The molecule has 2 rings (SSSR count). The van der Waals surface area contributed by atoms with Crippen LogP contribution >= 0.6 is 0 Å². The zero-order chi connectivity index (χ0) is 12.4. The number of hydrogen-bond donors (Lipinski definition) is 1. The van der Waals surface area contributed by atoms with Crippen LogP contribution in [-0.4, -0.2) is 36.6 Å². The van der Waals surface area contributed by atoms with Crippen molar-refractivity contribution in [1.29, 1.82) is 0 Å². The lowest BCUT2D eigenvalue weighted by Crippen LogP contribution is -2.48. The van der Waals surface area contributed by atoms with E-state index >= 15 is 0 Å². The van der Waals surface area contributed by atoms with Crippen LogP contribution in [0, 0.1) is 5.41 Å². The minimum Gasteiger partial charge on any atom is -0.310 e. The average Bonchev–Trinajstić information content (AvgIpc) is 2.39. The van der Waals surface area contributed by atoms with E-state index in [0.29, 0.717) is 11.0 Å². The largest absolute Gasteiger partial charge is 0.310 e. The molecule has 2 heteroatoms. The highest BCUT2D eigenvalue weighted by Crippen LogP contribution is 2.36. The predicted octanol–water partition coefficient (Wildman–Crippen LogP) is 3.03. The van der Waals surface area contributed by atoms with Gasteiger partial charge in [-0.3, -0.25) is 0 Å². The number of rotatable bonds is 2. The molecule has 1 heterocycles. The SMILES string of the molecule is CC1(CN2CCCNC(C)(C)C2)CCCCC1. The normalized spacial score (nSPS) is 29.8. The van der Waals surface area contributed by atoms with Crippen molar-refractivity contribution in [3.05, 3.63) is 0 Å². The summed E-state index contributed by atoms with van der Waals surface area (Å²) in [7, 11) is 0. The molecule has 0 unspecified atom stereocenters. The molecule has 1 saturated heterocycles. The minimum atomic E-state index is 0.293. The quantitative estimate of drug-likeness (QED) is 0.795. The van der Waals surface area contributed by atoms with Crippen LogP contribution in [0.5, 0.6) is 0 Å². The Hall–Kier alpha value is -0.0800. The van der Waals surface area contributed by atoms with Crippen LogP contribution in [-0.2, 0) is 0 Å². The summed E-state index contributed by atoms with van der Waals surface area (Å²) in [6.07, 6.45) is 8.55. The van der Waals surface area contributed by atoms with E-state index in [0.717, 1.165) is 0 Å². The molecule has 0 radical (unpaired) electrons. The highest BCUT2D eigenvalue weighted by molar-refractivity contribution is 4.88. The Morgan fingerprint density at radius 1 is 1.00 bits per heavy atom. The van der Waals surface area contributed by atoms with Gasteiger partial charge < -0.3 is 10.2 Å². The van der Waals surface area contributed by atoms with Gasteiger partial charge in [0, 0.05) is 18.6 Å². The zero-order valence-corrected chi connectivity index (χ0v) is 12.0. The first kappa shape index (κ1) is 13.4. The molecule has 2 aliphatic rings. The summed E-state index contributed by atoms with van der Waals surface area (Å²) in [6.45, 7) is 12.2. The van der Waals surface area contributed by atoms with Gasteiger partial charge in [0.05, 0.1) is 0 Å². The zero-order valence-electron chi connectivity index (χ0n) is 12.0. The Kier molecular flexibility index (Phi) is 4.14. The highest BCUT2D eigenvalue weighted by atomic mass is 15.2. The van der Waals surface area contributed by atoms with Crippen molar-refractivity contribution in [2.45, 2.75) is 64.8 Å². The van der Waals surface area contributed by atoms with E-state index in [1.807, 2.05) is 0 Å². The summed E-state index contributed by atoms with van der Waals surface area (Å²) in [4.78, 5) is 2.71. The second-order valence-electron chi connectivity index (χ2n) is 7.25. The van der Waals surface area contributed by atoms with Crippen molar-refractivity contribution in [3.8, 4) is 0 Å². The smallest absolute Gasteiger partial charge is 0.0252 e. The van der Waals surface area contributed by atoms with Gasteiger partial charge in [0.15, 0.2) is 0 Å². The maximum atomic E-state index is 3.66. The topological polar surface area (TPSA) is 15.3 Å². The van der Waals surface area contributed by atoms with E-state index in [4.69, 9.17) is 0 Å². The van der Waals surface area contributed by atoms with Crippen molar-refractivity contribution in [2.24, 2.45) is 5.41 Å². The van der Waals surface area contributed by atoms with Gasteiger partial charge in [-0.15, -0.1) is 0 Å². The van der Waals surface area contributed by atoms with E-state index in [9.17, 15) is 0 Å². The lowest BCUT2D eigenvalue weighted by atomic mass is 9.75. The standard InChI is InChI=1S/C15H30N2/c1-14(2)12-17(11-7-10-16-14)13-15(3)8-5-4-6-9-15/h16H,4-13H2,1-3H3. The first-order valence-corrected chi connectivity index (χ1v) is 7.47.